The van der Waals surface area contributed by atoms with Gasteiger partial charge in [-0.05, 0) is 44.4 Å². The van der Waals surface area contributed by atoms with Crippen molar-refractivity contribution in [3.63, 3.8) is 0 Å². The van der Waals surface area contributed by atoms with Crippen molar-refractivity contribution in [3.05, 3.63) is 29.8 Å². The number of aliphatic hydroxyl groups is 1. The topological polar surface area (TPSA) is 70.6 Å². The first kappa shape index (κ1) is 14.7. The fraction of sp³-hybridized carbons (Fsp3) is 0.533. The van der Waals surface area contributed by atoms with E-state index in [0.29, 0.717) is 6.04 Å². The van der Waals surface area contributed by atoms with Crippen LogP contribution in [0.1, 0.15) is 38.4 Å². The number of hydrogen-bond acceptors (Lipinski definition) is 3. The average Bonchev–Trinajstić information content (AvgIpc) is 3.19. The summed E-state index contributed by atoms with van der Waals surface area (Å²) in [5, 5.41) is 15.6. The molecule has 0 heterocycles. The Morgan fingerprint density at radius 3 is 2.85 bits per heavy atom. The van der Waals surface area contributed by atoms with E-state index in [-0.39, 0.29) is 18.7 Å². The minimum atomic E-state index is -0.740. The first-order chi connectivity index (χ1) is 9.54. The van der Waals surface area contributed by atoms with Crippen molar-refractivity contribution in [2.75, 3.05) is 6.54 Å². The monoisotopic (exact) mass is 278 g/mol. The average molecular weight is 278 g/mol. The summed E-state index contributed by atoms with van der Waals surface area (Å²) < 4.78 is 5.58. The Morgan fingerprint density at radius 1 is 1.45 bits per heavy atom. The summed E-state index contributed by atoms with van der Waals surface area (Å²) in [7, 11) is 0. The van der Waals surface area contributed by atoms with Crippen LogP contribution in [0.3, 0.4) is 0 Å². The summed E-state index contributed by atoms with van der Waals surface area (Å²) in [6.45, 7) is 4.09. The maximum absolute atomic E-state index is 11.5. The third-order valence-electron chi connectivity index (χ3n) is 2.98. The first-order valence-electron chi connectivity index (χ1n) is 7.03. The van der Waals surface area contributed by atoms with Crippen LogP contribution in [-0.4, -0.2) is 29.8 Å². The van der Waals surface area contributed by atoms with Crippen molar-refractivity contribution < 1.29 is 14.6 Å². The molecule has 0 aromatic heterocycles. The molecule has 110 valence electrons. The lowest BCUT2D eigenvalue weighted by Gasteiger charge is -2.15. The van der Waals surface area contributed by atoms with E-state index in [1.165, 1.54) is 0 Å². The van der Waals surface area contributed by atoms with Crippen molar-refractivity contribution >= 4 is 6.03 Å². The smallest absolute Gasteiger partial charge is 0.315 e. The van der Waals surface area contributed by atoms with Gasteiger partial charge < -0.3 is 20.5 Å². The van der Waals surface area contributed by atoms with E-state index < -0.39 is 6.10 Å². The van der Waals surface area contributed by atoms with Crippen LogP contribution in [0.15, 0.2) is 24.3 Å². The molecule has 1 aromatic rings. The van der Waals surface area contributed by atoms with Gasteiger partial charge in [0.05, 0.1) is 12.2 Å². The van der Waals surface area contributed by atoms with Gasteiger partial charge in [0.1, 0.15) is 5.75 Å². The Bertz CT molecular complexity index is 458. The van der Waals surface area contributed by atoms with E-state index in [1.807, 2.05) is 32.0 Å². The highest BCUT2D eigenvalue weighted by Crippen LogP contribution is 2.20. The molecule has 3 N–H and O–H groups in total. The summed E-state index contributed by atoms with van der Waals surface area (Å²) in [4.78, 5) is 11.5. The molecule has 1 aliphatic carbocycles. The van der Waals surface area contributed by atoms with Gasteiger partial charge in [-0.1, -0.05) is 12.1 Å². The van der Waals surface area contributed by atoms with Gasteiger partial charge in [0.15, 0.2) is 0 Å². The zero-order valence-electron chi connectivity index (χ0n) is 11.9. The third kappa shape index (κ3) is 4.74. The number of ether oxygens (including phenoxy) is 1. The Kier molecular flexibility index (Phi) is 4.84. The summed E-state index contributed by atoms with van der Waals surface area (Å²) in [6.07, 6.45) is 1.44. The first-order valence-corrected chi connectivity index (χ1v) is 7.03. The van der Waals surface area contributed by atoms with E-state index in [9.17, 15) is 9.90 Å². The fourth-order valence-corrected chi connectivity index (χ4v) is 1.84. The summed E-state index contributed by atoms with van der Waals surface area (Å²) in [5.41, 5.74) is 0.731. The largest absolute Gasteiger partial charge is 0.491 e. The highest BCUT2D eigenvalue weighted by atomic mass is 16.5. The van der Waals surface area contributed by atoms with Gasteiger partial charge in [-0.3, -0.25) is 0 Å². The van der Waals surface area contributed by atoms with Gasteiger partial charge in [0.2, 0.25) is 0 Å². The Hall–Kier alpha value is -1.75. The van der Waals surface area contributed by atoms with Crippen LogP contribution in [0.5, 0.6) is 5.75 Å². The van der Waals surface area contributed by atoms with Crippen LogP contribution in [-0.2, 0) is 0 Å². The van der Waals surface area contributed by atoms with E-state index in [2.05, 4.69) is 10.6 Å². The van der Waals surface area contributed by atoms with Gasteiger partial charge in [0.25, 0.3) is 0 Å². The molecule has 1 fully saturated rings. The molecular formula is C15H22N2O3. The van der Waals surface area contributed by atoms with Gasteiger partial charge in [0, 0.05) is 12.6 Å². The number of carbonyl (C=O) groups excluding carboxylic acids is 1. The van der Waals surface area contributed by atoms with Crippen LogP contribution in [0.25, 0.3) is 0 Å². The second-order valence-electron chi connectivity index (χ2n) is 5.38. The predicted molar refractivity (Wildman–Crippen MR) is 76.7 cm³/mol. The number of hydrogen-bond donors (Lipinski definition) is 3. The number of aliphatic hydroxyl groups excluding tert-OH is 1. The van der Waals surface area contributed by atoms with E-state index in [0.717, 1.165) is 24.2 Å². The number of urea groups is 1. The molecule has 1 unspecified atom stereocenters. The van der Waals surface area contributed by atoms with Crippen LogP contribution < -0.4 is 15.4 Å². The van der Waals surface area contributed by atoms with Crippen LogP contribution in [0.2, 0.25) is 0 Å². The lowest BCUT2D eigenvalue weighted by Crippen LogP contribution is -2.38. The Morgan fingerprint density at radius 2 is 2.20 bits per heavy atom. The van der Waals surface area contributed by atoms with Crippen molar-refractivity contribution in [1.82, 2.24) is 10.6 Å². The molecule has 5 nitrogen and oxygen atoms in total. The molecule has 0 saturated heterocycles. The molecule has 0 radical (unpaired) electrons. The van der Waals surface area contributed by atoms with E-state index in [1.54, 1.807) is 6.07 Å². The van der Waals surface area contributed by atoms with Crippen molar-refractivity contribution in [2.24, 2.45) is 0 Å². The molecule has 0 spiro atoms. The molecule has 1 atom stereocenters. The van der Waals surface area contributed by atoms with Crippen LogP contribution >= 0.6 is 0 Å². The lowest BCUT2D eigenvalue weighted by molar-refractivity contribution is 0.172. The summed E-state index contributed by atoms with van der Waals surface area (Å²) in [5.74, 6) is 0.721. The number of amides is 2. The maximum atomic E-state index is 11.5. The van der Waals surface area contributed by atoms with Crippen molar-refractivity contribution in [1.29, 1.82) is 0 Å². The highest BCUT2D eigenvalue weighted by molar-refractivity contribution is 5.74. The zero-order chi connectivity index (χ0) is 14.5. The molecule has 0 aliphatic heterocycles. The van der Waals surface area contributed by atoms with Gasteiger partial charge >= 0.3 is 6.03 Å². The third-order valence-corrected chi connectivity index (χ3v) is 2.98. The number of benzene rings is 1. The van der Waals surface area contributed by atoms with E-state index in [4.69, 9.17) is 4.74 Å². The second-order valence-corrected chi connectivity index (χ2v) is 5.38. The number of rotatable bonds is 6. The summed E-state index contributed by atoms with van der Waals surface area (Å²) >= 11 is 0. The molecule has 2 rings (SSSR count). The van der Waals surface area contributed by atoms with Crippen molar-refractivity contribution in [2.45, 2.75) is 44.9 Å². The van der Waals surface area contributed by atoms with Gasteiger partial charge in [-0.15, -0.1) is 0 Å². The molecule has 0 bridgehead atoms. The van der Waals surface area contributed by atoms with Crippen LogP contribution in [0.4, 0.5) is 4.79 Å². The SMILES string of the molecule is CC(C)Oc1cccc(C(O)CNC(=O)NC2CC2)c1. The molecule has 1 aromatic carbocycles. The summed E-state index contributed by atoms with van der Waals surface area (Å²) in [6, 6.07) is 7.39. The fourth-order valence-electron chi connectivity index (χ4n) is 1.84. The minimum Gasteiger partial charge on any atom is -0.491 e. The molecule has 2 amide bonds. The second kappa shape index (κ2) is 6.61. The molecule has 5 heteroatoms. The maximum Gasteiger partial charge on any atom is 0.315 e. The van der Waals surface area contributed by atoms with Crippen molar-refractivity contribution in [3.8, 4) is 5.75 Å². The van der Waals surface area contributed by atoms with Crippen LogP contribution in [0, 0.1) is 0 Å². The van der Waals surface area contributed by atoms with Gasteiger partial charge in [-0.2, -0.15) is 0 Å². The lowest BCUT2D eigenvalue weighted by atomic mass is 10.1. The quantitative estimate of drug-likeness (QED) is 0.745. The number of nitrogens with one attached hydrogen (secondary N) is 2. The standard InChI is InChI=1S/C15H22N2O3/c1-10(2)20-13-5-3-4-11(8-13)14(18)9-16-15(19)17-12-6-7-12/h3-5,8,10,12,14,18H,6-7,9H2,1-2H3,(H2,16,17,19). The Labute approximate surface area is 119 Å². The van der Waals surface area contributed by atoms with Gasteiger partial charge in [-0.25, -0.2) is 4.79 Å². The molecule has 20 heavy (non-hydrogen) atoms. The number of carbonyl (C=O) groups is 1. The zero-order valence-corrected chi connectivity index (χ0v) is 11.9. The molecular weight excluding hydrogens is 256 g/mol. The minimum absolute atomic E-state index is 0.0878. The molecule has 1 saturated carbocycles. The highest BCUT2D eigenvalue weighted by Gasteiger charge is 2.23. The normalized spacial score (nSPS) is 15.8. The van der Waals surface area contributed by atoms with E-state index >= 15 is 0 Å². The predicted octanol–water partition coefficient (Wildman–Crippen LogP) is 1.97. The Balaban J connectivity index is 1.84. The molecule has 1 aliphatic rings.